The summed E-state index contributed by atoms with van der Waals surface area (Å²) in [5.41, 5.74) is -0.978. The van der Waals surface area contributed by atoms with Crippen LogP contribution in [-0.4, -0.2) is 10.9 Å². The summed E-state index contributed by atoms with van der Waals surface area (Å²) >= 11 is 0. The SMILES string of the molecule is CCC(CC)C(=O)c1c(O)cc(C)oc1=O. The van der Waals surface area contributed by atoms with Gasteiger partial charge in [0, 0.05) is 12.0 Å². The molecule has 0 aliphatic carbocycles. The Morgan fingerprint density at radius 1 is 1.44 bits per heavy atom. The molecule has 0 aliphatic rings. The van der Waals surface area contributed by atoms with Crippen LogP contribution in [0.15, 0.2) is 15.3 Å². The van der Waals surface area contributed by atoms with E-state index in [4.69, 9.17) is 4.42 Å². The van der Waals surface area contributed by atoms with E-state index >= 15 is 0 Å². The maximum Gasteiger partial charge on any atom is 0.350 e. The highest BCUT2D eigenvalue weighted by Gasteiger charge is 2.24. The van der Waals surface area contributed by atoms with Crippen LogP contribution in [0.1, 0.15) is 42.8 Å². The summed E-state index contributed by atoms with van der Waals surface area (Å²) in [6.45, 7) is 5.30. The van der Waals surface area contributed by atoms with Crippen LogP contribution in [0.5, 0.6) is 5.75 Å². The molecule has 0 saturated carbocycles. The lowest BCUT2D eigenvalue weighted by molar-refractivity contribution is 0.0906. The lowest BCUT2D eigenvalue weighted by atomic mass is 9.93. The van der Waals surface area contributed by atoms with E-state index in [-0.39, 0.29) is 23.0 Å². The van der Waals surface area contributed by atoms with Crippen molar-refractivity contribution in [3.63, 3.8) is 0 Å². The number of aryl methyl sites for hydroxylation is 1. The average Bonchev–Trinajstić information content (AvgIpc) is 2.17. The zero-order valence-corrected chi connectivity index (χ0v) is 9.74. The van der Waals surface area contributed by atoms with Crippen molar-refractivity contribution >= 4 is 5.78 Å². The Labute approximate surface area is 93.9 Å². The van der Waals surface area contributed by atoms with Gasteiger partial charge in [-0.2, -0.15) is 0 Å². The van der Waals surface area contributed by atoms with Crippen LogP contribution in [0.4, 0.5) is 0 Å². The fourth-order valence-electron chi connectivity index (χ4n) is 1.69. The summed E-state index contributed by atoms with van der Waals surface area (Å²) in [5, 5.41) is 9.60. The van der Waals surface area contributed by atoms with Crippen LogP contribution in [0.3, 0.4) is 0 Å². The Hall–Kier alpha value is -1.58. The number of carbonyl (C=O) groups is 1. The first-order chi connectivity index (χ1) is 7.51. The summed E-state index contributed by atoms with van der Waals surface area (Å²) in [5.74, 6) is -0.568. The van der Waals surface area contributed by atoms with Gasteiger partial charge in [0.15, 0.2) is 5.78 Å². The molecule has 1 N–H and O–H groups in total. The molecule has 0 atom stereocenters. The number of carbonyl (C=O) groups excluding carboxylic acids is 1. The molecular weight excluding hydrogens is 208 g/mol. The molecule has 0 aromatic carbocycles. The van der Waals surface area contributed by atoms with E-state index in [1.54, 1.807) is 6.92 Å². The van der Waals surface area contributed by atoms with E-state index < -0.39 is 5.63 Å². The molecule has 88 valence electrons. The van der Waals surface area contributed by atoms with Gasteiger partial charge in [-0.25, -0.2) is 4.79 Å². The van der Waals surface area contributed by atoms with Gasteiger partial charge in [0.2, 0.25) is 0 Å². The maximum absolute atomic E-state index is 11.9. The van der Waals surface area contributed by atoms with Crippen LogP contribution >= 0.6 is 0 Å². The van der Waals surface area contributed by atoms with E-state index in [1.807, 2.05) is 13.8 Å². The number of rotatable bonds is 4. The second kappa shape index (κ2) is 4.96. The predicted molar refractivity (Wildman–Crippen MR) is 59.8 cm³/mol. The molecule has 0 radical (unpaired) electrons. The van der Waals surface area contributed by atoms with Crippen LogP contribution in [-0.2, 0) is 0 Å². The van der Waals surface area contributed by atoms with Gasteiger partial charge in [-0.3, -0.25) is 4.79 Å². The van der Waals surface area contributed by atoms with Gasteiger partial charge >= 0.3 is 5.63 Å². The third-order valence-corrected chi connectivity index (χ3v) is 2.66. The first-order valence-electron chi connectivity index (χ1n) is 5.39. The van der Waals surface area contributed by atoms with Crippen molar-refractivity contribution in [2.45, 2.75) is 33.6 Å². The van der Waals surface area contributed by atoms with E-state index in [2.05, 4.69) is 0 Å². The van der Waals surface area contributed by atoms with Crippen molar-refractivity contribution in [2.24, 2.45) is 5.92 Å². The highest BCUT2D eigenvalue weighted by molar-refractivity contribution is 5.99. The fourth-order valence-corrected chi connectivity index (χ4v) is 1.69. The van der Waals surface area contributed by atoms with E-state index in [0.29, 0.717) is 18.6 Å². The topological polar surface area (TPSA) is 67.5 Å². The second-order valence-electron chi connectivity index (χ2n) is 3.78. The standard InChI is InChI=1S/C12H16O4/c1-4-8(5-2)11(14)10-9(13)6-7(3)16-12(10)15/h6,8,13H,4-5H2,1-3H3. The van der Waals surface area contributed by atoms with Crippen LogP contribution < -0.4 is 5.63 Å². The largest absolute Gasteiger partial charge is 0.507 e. The molecule has 1 aromatic heterocycles. The van der Waals surface area contributed by atoms with Gasteiger partial charge in [-0.1, -0.05) is 13.8 Å². The molecule has 4 nitrogen and oxygen atoms in total. The normalized spacial score (nSPS) is 10.8. The van der Waals surface area contributed by atoms with Gasteiger partial charge in [0.1, 0.15) is 17.1 Å². The fraction of sp³-hybridized carbons (Fsp3) is 0.500. The van der Waals surface area contributed by atoms with Gasteiger partial charge in [0.25, 0.3) is 0 Å². The molecule has 1 heterocycles. The van der Waals surface area contributed by atoms with Gasteiger partial charge < -0.3 is 9.52 Å². The molecule has 0 bridgehead atoms. The van der Waals surface area contributed by atoms with Crippen molar-refractivity contribution in [1.29, 1.82) is 0 Å². The lowest BCUT2D eigenvalue weighted by Gasteiger charge is -2.10. The van der Waals surface area contributed by atoms with Gasteiger partial charge in [0.05, 0.1) is 0 Å². The Morgan fingerprint density at radius 3 is 2.44 bits per heavy atom. The highest BCUT2D eigenvalue weighted by Crippen LogP contribution is 2.21. The molecule has 0 unspecified atom stereocenters. The lowest BCUT2D eigenvalue weighted by Crippen LogP contribution is -2.21. The zero-order chi connectivity index (χ0) is 12.3. The van der Waals surface area contributed by atoms with Gasteiger partial charge in [-0.05, 0) is 19.8 Å². The Kier molecular flexibility index (Phi) is 3.88. The maximum atomic E-state index is 11.9. The van der Waals surface area contributed by atoms with E-state index in [0.717, 1.165) is 0 Å². The minimum absolute atomic E-state index is 0.223. The van der Waals surface area contributed by atoms with Crippen LogP contribution in [0, 0.1) is 12.8 Å². The summed E-state index contributed by atoms with van der Waals surface area (Å²) < 4.78 is 4.81. The molecule has 0 amide bonds. The first kappa shape index (κ1) is 12.5. The first-order valence-corrected chi connectivity index (χ1v) is 5.39. The number of ketones is 1. The van der Waals surface area contributed by atoms with Crippen molar-refractivity contribution in [3.05, 3.63) is 27.8 Å². The summed E-state index contributed by atoms with van der Waals surface area (Å²) in [7, 11) is 0. The van der Waals surface area contributed by atoms with Crippen molar-refractivity contribution in [1.82, 2.24) is 0 Å². The van der Waals surface area contributed by atoms with E-state index in [9.17, 15) is 14.7 Å². The third kappa shape index (κ3) is 2.32. The molecule has 1 aromatic rings. The molecule has 0 saturated heterocycles. The molecule has 1 rings (SSSR count). The minimum atomic E-state index is -0.755. The molecule has 0 fully saturated rings. The van der Waals surface area contributed by atoms with Crippen LogP contribution in [0.25, 0.3) is 0 Å². The zero-order valence-electron chi connectivity index (χ0n) is 9.74. The second-order valence-corrected chi connectivity index (χ2v) is 3.78. The molecule has 0 spiro atoms. The third-order valence-electron chi connectivity index (χ3n) is 2.66. The summed E-state index contributed by atoms with van der Waals surface area (Å²) in [6.07, 6.45) is 1.28. The molecule has 16 heavy (non-hydrogen) atoms. The van der Waals surface area contributed by atoms with Crippen molar-refractivity contribution in [2.75, 3.05) is 0 Å². The average molecular weight is 224 g/mol. The highest BCUT2D eigenvalue weighted by atomic mass is 16.4. The number of aromatic hydroxyl groups is 1. The Bertz CT molecular complexity index is 441. The summed E-state index contributed by atoms with van der Waals surface area (Å²) in [4.78, 5) is 23.4. The number of hydrogen-bond acceptors (Lipinski definition) is 4. The number of hydrogen-bond donors (Lipinski definition) is 1. The molecular formula is C12H16O4. The van der Waals surface area contributed by atoms with Crippen LogP contribution in [0.2, 0.25) is 0 Å². The smallest absolute Gasteiger partial charge is 0.350 e. The predicted octanol–water partition coefficient (Wildman–Crippen LogP) is 2.27. The van der Waals surface area contributed by atoms with E-state index in [1.165, 1.54) is 6.07 Å². The van der Waals surface area contributed by atoms with Gasteiger partial charge in [-0.15, -0.1) is 0 Å². The summed E-state index contributed by atoms with van der Waals surface area (Å²) in [6, 6.07) is 1.29. The molecule has 4 heteroatoms. The Balaban J connectivity index is 3.23. The monoisotopic (exact) mass is 224 g/mol. The number of Topliss-reactive ketones (excluding diaryl/α,β-unsaturated/α-hetero) is 1. The minimum Gasteiger partial charge on any atom is -0.507 e. The van der Waals surface area contributed by atoms with Crippen molar-refractivity contribution < 1.29 is 14.3 Å². The quantitative estimate of drug-likeness (QED) is 0.796. The van der Waals surface area contributed by atoms with Crippen molar-refractivity contribution in [3.8, 4) is 5.75 Å². The molecule has 0 aliphatic heterocycles. The Morgan fingerprint density at radius 2 is 2.00 bits per heavy atom.